The van der Waals surface area contributed by atoms with Crippen LogP contribution in [0.3, 0.4) is 0 Å². The van der Waals surface area contributed by atoms with Gasteiger partial charge in [0.25, 0.3) is 0 Å². The van der Waals surface area contributed by atoms with Crippen LogP contribution in [-0.4, -0.2) is 30.0 Å². The van der Waals surface area contributed by atoms with Crippen molar-refractivity contribution in [3.05, 3.63) is 22.8 Å². The van der Waals surface area contributed by atoms with E-state index >= 15 is 0 Å². The number of urea groups is 1. The number of aromatic nitrogens is 1. The van der Waals surface area contributed by atoms with E-state index in [1.165, 1.54) is 4.90 Å². The second kappa shape index (κ2) is 4.23. The molecule has 5 heteroatoms. The van der Waals surface area contributed by atoms with Crippen LogP contribution < -0.4 is 5.32 Å². The number of rotatable bonds is 1. The summed E-state index contributed by atoms with van der Waals surface area (Å²) in [5.41, 5.74) is 0. The maximum absolute atomic E-state index is 11.2. The maximum atomic E-state index is 11.2. The van der Waals surface area contributed by atoms with Gasteiger partial charge in [-0.15, -0.1) is 0 Å². The second-order valence-electron chi connectivity index (χ2n) is 2.67. The lowest BCUT2D eigenvalue weighted by Gasteiger charge is -2.10. The van der Waals surface area contributed by atoms with E-state index in [-0.39, 0.29) is 6.03 Å². The summed E-state index contributed by atoms with van der Waals surface area (Å²) in [7, 11) is 3.35. The van der Waals surface area contributed by atoms with Gasteiger partial charge < -0.3 is 4.90 Å². The smallest absolute Gasteiger partial charge is 0.322 e. The average molecular weight is 244 g/mol. The Morgan fingerprint density at radius 2 is 2.23 bits per heavy atom. The molecule has 1 heterocycles. The lowest BCUT2D eigenvalue weighted by Crippen LogP contribution is -2.27. The summed E-state index contributed by atoms with van der Waals surface area (Å²) < 4.78 is 0.698. The third-order valence-corrected chi connectivity index (χ3v) is 1.80. The molecule has 0 atom stereocenters. The average Bonchev–Trinajstić information content (AvgIpc) is 2.04. The number of carbonyl (C=O) groups excluding carboxylic acids is 1. The summed E-state index contributed by atoms with van der Waals surface area (Å²) in [6.07, 6.45) is 0. The van der Waals surface area contributed by atoms with Crippen molar-refractivity contribution >= 4 is 27.8 Å². The van der Waals surface area contributed by atoms with E-state index in [0.29, 0.717) is 10.4 Å². The van der Waals surface area contributed by atoms with Gasteiger partial charge in [0.1, 0.15) is 10.4 Å². The van der Waals surface area contributed by atoms with Gasteiger partial charge in [-0.05, 0) is 28.1 Å². The van der Waals surface area contributed by atoms with Crippen LogP contribution in [0, 0.1) is 0 Å². The molecule has 0 saturated heterocycles. The first-order valence-corrected chi connectivity index (χ1v) is 4.50. The van der Waals surface area contributed by atoms with Gasteiger partial charge in [0.15, 0.2) is 0 Å². The summed E-state index contributed by atoms with van der Waals surface area (Å²) >= 11 is 3.21. The van der Waals surface area contributed by atoms with Gasteiger partial charge in [-0.25, -0.2) is 9.78 Å². The third-order valence-electron chi connectivity index (χ3n) is 1.36. The van der Waals surface area contributed by atoms with Crippen LogP contribution in [0.1, 0.15) is 0 Å². The Morgan fingerprint density at radius 1 is 1.54 bits per heavy atom. The van der Waals surface area contributed by atoms with E-state index < -0.39 is 0 Å². The summed E-state index contributed by atoms with van der Waals surface area (Å²) in [5.74, 6) is 0.535. The highest BCUT2D eigenvalue weighted by atomic mass is 79.9. The van der Waals surface area contributed by atoms with E-state index in [0.717, 1.165) is 0 Å². The van der Waals surface area contributed by atoms with Crippen molar-refractivity contribution < 1.29 is 4.79 Å². The summed E-state index contributed by atoms with van der Waals surface area (Å²) in [6, 6.07) is 5.14. The minimum absolute atomic E-state index is 0.189. The van der Waals surface area contributed by atoms with Gasteiger partial charge in [0.05, 0.1) is 0 Å². The van der Waals surface area contributed by atoms with E-state index in [1.54, 1.807) is 26.2 Å². The Kier molecular flexibility index (Phi) is 3.25. The minimum Gasteiger partial charge on any atom is -0.331 e. The van der Waals surface area contributed by atoms with Crippen molar-refractivity contribution in [1.82, 2.24) is 9.88 Å². The molecule has 0 aromatic carbocycles. The molecule has 0 aliphatic rings. The van der Waals surface area contributed by atoms with Crippen LogP contribution in [0.25, 0.3) is 0 Å². The van der Waals surface area contributed by atoms with Crippen molar-refractivity contribution in [3.8, 4) is 0 Å². The highest BCUT2D eigenvalue weighted by molar-refractivity contribution is 9.10. The Labute approximate surface area is 85.1 Å². The quantitative estimate of drug-likeness (QED) is 0.767. The van der Waals surface area contributed by atoms with Gasteiger partial charge in [-0.1, -0.05) is 6.07 Å². The van der Waals surface area contributed by atoms with Gasteiger partial charge in [-0.3, -0.25) is 5.32 Å². The number of amides is 2. The summed E-state index contributed by atoms with van der Waals surface area (Å²) in [6.45, 7) is 0. The Balaban J connectivity index is 2.69. The van der Waals surface area contributed by atoms with Crippen LogP contribution >= 0.6 is 15.9 Å². The fourth-order valence-electron chi connectivity index (χ4n) is 0.699. The number of nitrogens with zero attached hydrogens (tertiary/aromatic N) is 2. The SMILES string of the molecule is CN(C)C(=O)Nc1cccc(Br)n1. The molecule has 2 amide bonds. The number of halogens is 1. The molecule has 1 rings (SSSR count). The molecule has 1 N–H and O–H groups in total. The zero-order valence-corrected chi connectivity index (χ0v) is 9.00. The molecule has 0 aliphatic heterocycles. The molecule has 1 aromatic heterocycles. The number of hydrogen-bond donors (Lipinski definition) is 1. The molecular weight excluding hydrogens is 234 g/mol. The first-order valence-electron chi connectivity index (χ1n) is 3.70. The van der Waals surface area contributed by atoms with E-state index in [4.69, 9.17) is 0 Å². The molecule has 1 aromatic rings. The normalized spacial score (nSPS) is 9.46. The van der Waals surface area contributed by atoms with Crippen molar-refractivity contribution in [2.75, 3.05) is 19.4 Å². The molecule has 0 spiro atoms. The van der Waals surface area contributed by atoms with Crippen LogP contribution in [0.2, 0.25) is 0 Å². The molecule has 4 nitrogen and oxygen atoms in total. The largest absolute Gasteiger partial charge is 0.331 e. The third kappa shape index (κ3) is 3.02. The van der Waals surface area contributed by atoms with E-state index in [2.05, 4.69) is 26.2 Å². The molecule has 0 saturated carbocycles. The number of nitrogens with one attached hydrogen (secondary N) is 1. The molecule has 0 radical (unpaired) electrons. The van der Waals surface area contributed by atoms with Crippen LogP contribution in [0.4, 0.5) is 10.6 Å². The van der Waals surface area contributed by atoms with Crippen LogP contribution in [0.5, 0.6) is 0 Å². The summed E-state index contributed by atoms with van der Waals surface area (Å²) in [5, 5.41) is 2.63. The highest BCUT2D eigenvalue weighted by Crippen LogP contribution is 2.09. The molecule has 70 valence electrons. The fraction of sp³-hybridized carbons (Fsp3) is 0.250. The minimum atomic E-state index is -0.189. The zero-order chi connectivity index (χ0) is 9.84. The molecule has 0 bridgehead atoms. The van der Waals surface area contributed by atoms with Crippen molar-refractivity contribution in [2.45, 2.75) is 0 Å². The topological polar surface area (TPSA) is 45.2 Å². The predicted octanol–water partition coefficient (Wildman–Crippen LogP) is 1.94. The molecular formula is C8H10BrN3O. The Hall–Kier alpha value is -1.10. The van der Waals surface area contributed by atoms with E-state index in [1.807, 2.05) is 6.07 Å². The number of carbonyl (C=O) groups is 1. The van der Waals surface area contributed by atoms with Crippen LogP contribution in [-0.2, 0) is 0 Å². The molecule has 13 heavy (non-hydrogen) atoms. The van der Waals surface area contributed by atoms with Crippen molar-refractivity contribution in [2.24, 2.45) is 0 Å². The Morgan fingerprint density at radius 3 is 2.77 bits per heavy atom. The fourth-order valence-corrected chi connectivity index (χ4v) is 1.04. The lowest BCUT2D eigenvalue weighted by atomic mass is 10.5. The second-order valence-corrected chi connectivity index (χ2v) is 3.48. The predicted molar refractivity (Wildman–Crippen MR) is 54.6 cm³/mol. The first kappa shape index (κ1) is 9.98. The van der Waals surface area contributed by atoms with Gasteiger partial charge in [-0.2, -0.15) is 0 Å². The maximum Gasteiger partial charge on any atom is 0.322 e. The number of pyridine rings is 1. The molecule has 0 unspecified atom stereocenters. The van der Waals surface area contributed by atoms with Gasteiger partial charge in [0.2, 0.25) is 0 Å². The number of anilines is 1. The Bertz CT molecular complexity index is 314. The van der Waals surface area contributed by atoms with Gasteiger partial charge >= 0.3 is 6.03 Å². The first-order chi connectivity index (χ1) is 6.09. The standard InChI is InChI=1S/C8H10BrN3O/c1-12(2)8(13)11-7-5-3-4-6(9)10-7/h3-5H,1-2H3,(H,10,11,13). The lowest BCUT2D eigenvalue weighted by molar-refractivity contribution is 0.230. The van der Waals surface area contributed by atoms with Gasteiger partial charge in [0, 0.05) is 14.1 Å². The zero-order valence-electron chi connectivity index (χ0n) is 7.41. The van der Waals surface area contributed by atoms with E-state index in [9.17, 15) is 4.79 Å². The van der Waals surface area contributed by atoms with Crippen molar-refractivity contribution in [3.63, 3.8) is 0 Å². The molecule has 0 aliphatic carbocycles. The monoisotopic (exact) mass is 243 g/mol. The highest BCUT2D eigenvalue weighted by Gasteiger charge is 2.03. The van der Waals surface area contributed by atoms with Crippen LogP contribution in [0.15, 0.2) is 22.8 Å². The number of hydrogen-bond acceptors (Lipinski definition) is 2. The molecule has 0 fully saturated rings. The summed E-state index contributed by atoms with van der Waals surface area (Å²) in [4.78, 5) is 16.7. The van der Waals surface area contributed by atoms with Crippen molar-refractivity contribution in [1.29, 1.82) is 0 Å².